The number of halogens is 1. The largest absolute Gasteiger partial charge is 0.397 e. The molecule has 0 saturated heterocycles. The summed E-state index contributed by atoms with van der Waals surface area (Å²) in [4.78, 5) is 26.7. The standard InChI is InChI=1S/C13H11FN4O2/c14-9-3-1-7(12(16)19)5-11(9)18-13(20)10-4-2-8(15)6-17-10/h1-6H,15H2,(H2,16,19)(H,18,20). The molecule has 0 aliphatic heterocycles. The molecule has 20 heavy (non-hydrogen) atoms. The molecule has 1 heterocycles. The quantitative estimate of drug-likeness (QED) is 0.779. The van der Waals surface area contributed by atoms with E-state index >= 15 is 0 Å². The summed E-state index contributed by atoms with van der Waals surface area (Å²) in [7, 11) is 0. The Bertz CT molecular complexity index is 671. The zero-order chi connectivity index (χ0) is 14.7. The number of hydrogen-bond donors (Lipinski definition) is 3. The molecule has 7 heteroatoms. The number of amides is 2. The van der Waals surface area contributed by atoms with Gasteiger partial charge < -0.3 is 16.8 Å². The first-order chi connectivity index (χ1) is 9.47. The summed E-state index contributed by atoms with van der Waals surface area (Å²) in [5.74, 6) is -2.02. The number of nitrogens with one attached hydrogen (secondary N) is 1. The van der Waals surface area contributed by atoms with Gasteiger partial charge in [-0.25, -0.2) is 9.37 Å². The lowest BCUT2D eigenvalue weighted by atomic mass is 10.2. The Kier molecular flexibility index (Phi) is 3.60. The Hall–Kier alpha value is -2.96. The van der Waals surface area contributed by atoms with Gasteiger partial charge in [0.25, 0.3) is 5.91 Å². The van der Waals surface area contributed by atoms with Crippen LogP contribution in [-0.2, 0) is 0 Å². The normalized spacial score (nSPS) is 10.1. The fourth-order valence-corrected chi connectivity index (χ4v) is 1.50. The molecule has 6 nitrogen and oxygen atoms in total. The molecule has 2 aromatic rings. The number of rotatable bonds is 3. The van der Waals surface area contributed by atoms with Crippen LogP contribution in [0.2, 0.25) is 0 Å². The number of nitrogen functional groups attached to an aromatic ring is 1. The van der Waals surface area contributed by atoms with Crippen LogP contribution >= 0.6 is 0 Å². The first-order valence-corrected chi connectivity index (χ1v) is 5.59. The van der Waals surface area contributed by atoms with E-state index in [1.54, 1.807) is 0 Å². The van der Waals surface area contributed by atoms with Crippen molar-refractivity contribution in [1.82, 2.24) is 4.98 Å². The van der Waals surface area contributed by atoms with Gasteiger partial charge in [-0.15, -0.1) is 0 Å². The van der Waals surface area contributed by atoms with Crippen LogP contribution in [0.5, 0.6) is 0 Å². The van der Waals surface area contributed by atoms with Crippen LogP contribution in [0.4, 0.5) is 15.8 Å². The lowest BCUT2D eigenvalue weighted by Crippen LogP contribution is -2.16. The van der Waals surface area contributed by atoms with Crippen molar-refractivity contribution in [3.63, 3.8) is 0 Å². The monoisotopic (exact) mass is 274 g/mol. The molecule has 1 aromatic carbocycles. The summed E-state index contributed by atoms with van der Waals surface area (Å²) in [6, 6.07) is 6.34. The second-order valence-electron chi connectivity index (χ2n) is 3.99. The molecule has 0 saturated carbocycles. The first kappa shape index (κ1) is 13.5. The van der Waals surface area contributed by atoms with E-state index in [9.17, 15) is 14.0 Å². The van der Waals surface area contributed by atoms with Crippen molar-refractivity contribution in [1.29, 1.82) is 0 Å². The van der Waals surface area contributed by atoms with Gasteiger partial charge in [0.2, 0.25) is 5.91 Å². The lowest BCUT2D eigenvalue weighted by Gasteiger charge is -2.07. The van der Waals surface area contributed by atoms with E-state index < -0.39 is 17.6 Å². The molecule has 2 amide bonds. The van der Waals surface area contributed by atoms with Crippen molar-refractivity contribution in [2.24, 2.45) is 5.73 Å². The average Bonchev–Trinajstić information content (AvgIpc) is 2.41. The van der Waals surface area contributed by atoms with Crippen LogP contribution in [0.25, 0.3) is 0 Å². The third-order valence-electron chi connectivity index (χ3n) is 2.52. The van der Waals surface area contributed by atoms with E-state index in [0.717, 1.165) is 12.1 Å². The number of benzene rings is 1. The maximum atomic E-state index is 13.6. The van der Waals surface area contributed by atoms with Gasteiger partial charge in [-0.2, -0.15) is 0 Å². The van der Waals surface area contributed by atoms with Gasteiger partial charge in [0.15, 0.2) is 0 Å². The van der Waals surface area contributed by atoms with Gasteiger partial charge in [0.05, 0.1) is 17.6 Å². The summed E-state index contributed by atoms with van der Waals surface area (Å²) in [6.45, 7) is 0. The maximum Gasteiger partial charge on any atom is 0.274 e. The molecule has 0 radical (unpaired) electrons. The van der Waals surface area contributed by atoms with Crippen molar-refractivity contribution in [3.05, 3.63) is 53.6 Å². The Balaban J connectivity index is 2.25. The first-order valence-electron chi connectivity index (χ1n) is 5.59. The van der Waals surface area contributed by atoms with Crippen LogP contribution < -0.4 is 16.8 Å². The number of pyridine rings is 1. The van der Waals surface area contributed by atoms with Gasteiger partial charge in [-0.3, -0.25) is 9.59 Å². The van der Waals surface area contributed by atoms with E-state index in [-0.39, 0.29) is 16.9 Å². The molecule has 102 valence electrons. The van der Waals surface area contributed by atoms with Gasteiger partial charge in [-0.1, -0.05) is 0 Å². The third-order valence-corrected chi connectivity index (χ3v) is 2.52. The highest BCUT2D eigenvalue weighted by molar-refractivity contribution is 6.04. The second kappa shape index (κ2) is 5.35. The number of aromatic nitrogens is 1. The van der Waals surface area contributed by atoms with E-state index in [1.165, 1.54) is 24.4 Å². The summed E-state index contributed by atoms with van der Waals surface area (Å²) in [5, 5.41) is 2.32. The molecular weight excluding hydrogens is 263 g/mol. The number of nitrogens with two attached hydrogens (primary N) is 2. The molecule has 0 aliphatic carbocycles. The molecule has 0 fully saturated rings. The fraction of sp³-hybridized carbons (Fsp3) is 0. The molecule has 0 atom stereocenters. The smallest absolute Gasteiger partial charge is 0.274 e. The van der Waals surface area contributed by atoms with Crippen LogP contribution in [0.3, 0.4) is 0 Å². The van der Waals surface area contributed by atoms with Crippen molar-refractivity contribution in [3.8, 4) is 0 Å². The molecule has 1 aromatic heterocycles. The minimum Gasteiger partial charge on any atom is -0.397 e. The predicted octanol–water partition coefficient (Wildman–Crippen LogP) is 1.15. The summed E-state index contributed by atoms with van der Waals surface area (Å²) in [5.41, 5.74) is 11.0. The Labute approximate surface area is 113 Å². The van der Waals surface area contributed by atoms with E-state index in [0.29, 0.717) is 5.69 Å². The van der Waals surface area contributed by atoms with E-state index in [4.69, 9.17) is 11.5 Å². The van der Waals surface area contributed by atoms with E-state index in [1.807, 2.05) is 0 Å². The molecule has 0 spiro atoms. The number of carbonyl (C=O) groups excluding carboxylic acids is 2. The highest BCUT2D eigenvalue weighted by Crippen LogP contribution is 2.17. The Morgan fingerprint density at radius 1 is 1.20 bits per heavy atom. The van der Waals surface area contributed by atoms with Crippen molar-refractivity contribution in [2.75, 3.05) is 11.1 Å². The summed E-state index contributed by atoms with van der Waals surface area (Å²) < 4.78 is 13.6. The molecule has 0 aliphatic rings. The van der Waals surface area contributed by atoms with Crippen LogP contribution in [0.15, 0.2) is 36.5 Å². The summed E-state index contributed by atoms with van der Waals surface area (Å²) in [6.07, 6.45) is 1.31. The maximum absolute atomic E-state index is 13.6. The van der Waals surface area contributed by atoms with Crippen molar-refractivity contribution < 1.29 is 14.0 Å². The SMILES string of the molecule is NC(=O)c1ccc(F)c(NC(=O)c2ccc(N)cn2)c1. The summed E-state index contributed by atoms with van der Waals surface area (Å²) >= 11 is 0. The minimum absolute atomic E-state index is 0.0723. The number of anilines is 2. The van der Waals surface area contributed by atoms with Crippen LogP contribution in [0, 0.1) is 5.82 Å². The zero-order valence-corrected chi connectivity index (χ0v) is 10.3. The predicted molar refractivity (Wildman–Crippen MR) is 71.5 cm³/mol. The lowest BCUT2D eigenvalue weighted by molar-refractivity contribution is 0.0995. The topological polar surface area (TPSA) is 111 Å². The number of carbonyl (C=O) groups is 2. The molecule has 0 unspecified atom stereocenters. The van der Waals surface area contributed by atoms with Crippen molar-refractivity contribution in [2.45, 2.75) is 0 Å². The van der Waals surface area contributed by atoms with Gasteiger partial charge in [0.1, 0.15) is 11.5 Å². The van der Waals surface area contributed by atoms with Crippen LogP contribution in [-0.4, -0.2) is 16.8 Å². The molecule has 2 rings (SSSR count). The molecule has 0 bridgehead atoms. The molecule has 5 N–H and O–H groups in total. The Morgan fingerprint density at radius 2 is 1.95 bits per heavy atom. The van der Waals surface area contributed by atoms with Gasteiger partial charge >= 0.3 is 0 Å². The third kappa shape index (κ3) is 2.89. The highest BCUT2D eigenvalue weighted by Gasteiger charge is 2.12. The average molecular weight is 274 g/mol. The molecular formula is C13H11FN4O2. The second-order valence-corrected chi connectivity index (χ2v) is 3.99. The fourth-order valence-electron chi connectivity index (χ4n) is 1.50. The number of primary amides is 1. The van der Waals surface area contributed by atoms with Gasteiger partial charge in [-0.05, 0) is 30.3 Å². The number of nitrogens with zero attached hydrogens (tertiary/aromatic N) is 1. The van der Waals surface area contributed by atoms with Gasteiger partial charge in [0, 0.05) is 5.56 Å². The van der Waals surface area contributed by atoms with Crippen LogP contribution in [0.1, 0.15) is 20.8 Å². The minimum atomic E-state index is -0.717. The Morgan fingerprint density at radius 3 is 2.55 bits per heavy atom. The zero-order valence-electron chi connectivity index (χ0n) is 10.3. The highest BCUT2D eigenvalue weighted by atomic mass is 19.1. The van der Waals surface area contributed by atoms with E-state index in [2.05, 4.69) is 10.3 Å². The van der Waals surface area contributed by atoms with Crippen molar-refractivity contribution >= 4 is 23.2 Å². The number of hydrogen-bond acceptors (Lipinski definition) is 4.